The number of aliphatic hydroxyl groups excluding tert-OH is 1. The van der Waals surface area contributed by atoms with Gasteiger partial charge in [0.1, 0.15) is 11.4 Å². The smallest absolute Gasteiger partial charge is 0.237 e. The maximum Gasteiger partial charge on any atom is 0.237 e. The van der Waals surface area contributed by atoms with Gasteiger partial charge in [-0.3, -0.25) is 5.43 Å². The summed E-state index contributed by atoms with van der Waals surface area (Å²) < 4.78 is 5.26. The molecule has 0 amide bonds. The molecule has 150 valence electrons. The van der Waals surface area contributed by atoms with Crippen LogP contribution in [0, 0.1) is 0 Å². The molecule has 0 radical (unpaired) electrons. The van der Waals surface area contributed by atoms with E-state index in [-0.39, 0.29) is 5.88 Å². The molecule has 0 aliphatic carbocycles. The highest BCUT2D eigenvalue weighted by atomic mass is 35.5. The minimum absolute atomic E-state index is 0.145. The number of hydrazine groups is 1. The van der Waals surface area contributed by atoms with Crippen LogP contribution >= 0.6 is 11.6 Å². The first kappa shape index (κ1) is 18.5. The molecule has 0 unspecified atom stereocenters. The number of ether oxygens (including phenoxy) is 1. The fraction of sp³-hybridized carbons (Fsp3) is 0.0833. The van der Waals surface area contributed by atoms with Crippen LogP contribution in [0.3, 0.4) is 0 Å². The summed E-state index contributed by atoms with van der Waals surface area (Å²) in [4.78, 5) is 2.07. The van der Waals surface area contributed by atoms with Crippen molar-refractivity contribution in [2.75, 3.05) is 12.1 Å². The third-order valence-electron chi connectivity index (χ3n) is 5.29. The van der Waals surface area contributed by atoms with Crippen molar-refractivity contribution < 1.29 is 9.84 Å². The van der Waals surface area contributed by atoms with E-state index in [4.69, 9.17) is 16.3 Å². The quantitative estimate of drug-likeness (QED) is 0.680. The number of nitrogens with one attached hydrogen (secondary N) is 1. The summed E-state index contributed by atoms with van der Waals surface area (Å²) >= 11 is 6.04. The number of rotatable bonds is 4. The number of halogens is 1. The second-order valence-electron chi connectivity index (χ2n) is 7.16. The zero-order valence-electron chi connectivity index (χ0n) is 16.3. The Morgan fingerprint density at radius 2 is 1.70 bits per heavy atom. The van der Waals surface area contributed by atoms with E-state index in [1.807, 2.05) is 48.5 Å². The van der Waals surface area contributed by atoms with Crippen LogP contribution in [0.4, 0.5) is 5.69 Å². The Morgan fingerprint density at radius 1 is 0.967 bits per heavy atom. The van der Waals surface area contributed by atoms with Gasteiger partial charge in [0.05, 0.1) is 18.5 Å². The van der Waals surface area contributed by atoms with Crippen molar-refractivity contribution in [3.05, 3.63) is 105 Å². The number of methoxy groups -OCH3 is 1. The summed E-state index contributed by atoms with van der Waals surface area (Å²) in [6.07, 6.45) is 2.07. The average molecular weight is 418 g/mol. The van der Waals surface area contributed by atoms with E-state index >= 15 is 0 Å². The summed E-state index contributed by atoms with van der Waals surface area (Å²) in [6.45, 7) is 0.608. The van der Waals surface area contributed by atoms with Crippen molar-refractivity contribution >= 4 is 29.2 Å². The molecule has 2 heterocycles. The zero-order chi connectivity index (χ0) is 20.7. The van der Waals surface area contributed by atoms with Gasteiger partial charge in [0.2, 0.25) is 5.88 Å². The number of hydrogen-bond acceptors (Lipinski definition) is 5. The molecule has 6 heteroatoms. The second kappa shape index (κ2) is 7.35. The molecule has 3 aromatic carbocycles. The first-order valence-corrected chi connectivity index (χ1v) is 9.98. The van der Waals surface area contributed by atoms with Crippen molar-refractivity contribution in [3.8, 4) is 5.75 Å². The Bertz CT molecular complexity index is 1250. The van der Waals surface area contributed by atoms with Gasteiger partial charge in [0.15, 0.2) is 0 Å². The minimum atomic E-state index is 0.145. The van der Waals surface area contributed by atoms with E-state index in [1.54, 1.807) is 24.3 Å². The Hall–Kier alpha value is -3.57. The molecular weight excluding hydrogens is 398 g/mol. The van der Waals surface area contributed by atoms with Crippen LogP contribution in [-0.4, -0.2) is 17.1 Å². The van der Waals surface area contributed by atoms with Gasteiger partial charge >= 0.3 is 0 Å². The van der Waals surface area contributed by atoms with Crippen molar-refractivity contribution in [1.29, 1.82) is 0 Å². The van der Waals surface area contributed by atoms with E-state index in [0.29, 0.717) is 11.6 Å². The van der Waals surface area contributed by atoms with E-state index in [1.165, 1.54) is 0 Å². The van der Waals surface area contributed by atoms with E-state index in [9.17, 15) is 5.11 Å². The van der Waals surface area contributed by atoms with Crippen molar-refractivity contribution in [2.45, 2.75) is 6.54 Å². The summed E-state index contributed by atoms with van der Waals surface area (Å²) in [5.74, 6) is 0.962. The summed E-state index contributed by atoms with van der Waals surface area (Å²) in [5.41, 5.74) is 6.88. The number of nitrogens with zero attached hydrogens (tertiary/aromatic N) is 2. The predicted octanol–water partition coefficient (Wildman–Crippen LogP) is 3.46. The highest BCUT2D eigenvalue weighted by molar-refractivity contribution is 6.30. The molecule has 0 bridgehead atoms. The molecule has 3 aromatic rings. The average Bonchev–Trinajstić information content (AvgIpc) is 3.13. The Labute approximate surface area is 179 Å². The molecule has 0 fully saturated rings. The second-order valence-corrected chi connectivity index (χ2v) is 7.60. The zero-order valence-corrected chi connectivity index (χ0v) is 17.1. The topological polar surface area (TPSA) is 48.0 Å². The van der Waals surface area contributed by atoms with E-state index in [0.717, 1.165) is 38.8 Å². The SMILES string of the molecule is COc1ccc(CN2C=c3ccccc3=C3NN(c4ccc(Cl)cc4)C(O)=C32)cc1. The highest BCUT2D eigenvalue weighted by Crippen LogP contribution is 2.32. The standard InChI is InChI=1S/C24H20ClN3O2/c1-30-20-12-6-16(7-13-20)14-27-15-17-4-2-3-5-21(17)22-23(27)24(29)28(26-22)19-10-8-18(25)9-11-19/h2-13,15,26,29H,14H2,1H3. The van der Waals surface area contributed by atoms with Crippen LogP contribution in [0.5, 0.6) is 5.75 Å². The minimum Gasteiger partial charge on any atom is -0.497 e. The lowest BCUT2D eigenvalue weighted by Crippen LogP contribution is -2.40. The van der Waals surface area contributed by atoms with Crippen molar-refractivity contribution in [1.82, 2.24) is 10.3 Å². The lowest BCUT2D eigenvalue weighted by Gasteiger charge is -2.25. The van der Waals surface area contributed by atoms with Gasteiger partial charge < -0.3 is 14.7 Å². The third kappa shape index (κ3) is 3.13. The Morgan fingerprint density at radius 3 is 2.43 bits per heavy atom. The fourth-order valence-corrected chi connectivity index (χ4v) is 3.92. The molecular formula is C24H20ClN3O2. The van der Waals surface area contributed by atoms with Crippen LogP contribution in [0.2, 0.25) is 5.02 Å². The Kier molecular flexibility index (Phi) is 4.52. The molecule has 0 saturated carbocycles. The molecule has 2 aliphatic heterocycles. The largest absolute Gasteiger partial charge is 0.497 e. The maximum atomic E-state index is 11.2. The Balaban J connectivity index is 1.60. The van der Waals surface area contributed by atoms with Crippen LogP contribution in [-0.2, 0) is 6.54 Å². The molecule has 0 spiro atoms. The lowest BCUT2D eigenvalue weighted by atomic mass is 10.1. The number of anilines is 1. The predicted molar refractivity (Wildman–Crippen MR) is 119 cm³/mol. The van der Waals surface area contributed by atoms with Crippen LogP contribution in [0.1, 0.15) is 5.56 Å². The van der Waals surface area contributed by atoms with Gasteiger partial charge in [-0.15, -0.1) is 0 Å². The molecule has 5 rings (SSSR count). The van der Waals surface area contributed by atoms with Gasteiger partial charge in [0, 0.05) is 28.2 Å². The van der Waals surface area contributed by atoms with Gasteiger partial charge in [-0.05, 0) is 42.0 Å². The van der Waals surface area contributed by atoms with E-state index in [2.05, 4.69) is 28.7 Å². The van der Waals surface area contributed by atoms with Gasteiger partial charge in [-0.1, -0.05) is 48.0 Å². The number of fused-ring (bicyclic) bond motifs is 2. The molecule has 0 atom stereocenters. The molecule has 5 nitrogen and oxygen atoms in total. The normalized spacial score (nSPS) is 14.8. The summed E-state index contributed by atoms with van der Waals surface area (Å²) in [6, 6.07) is 23.4. The third-order valence-corrected chi connectivity index (χ3v) is 5.55. The molecule has 2 aliphatic rings. The monoisotopic (exact) mass is 417 g/mol. The summed E-state index contributed by atoms with van der Waals surface area (Å²) in [5, 5.41) is 15.6. The number of benzene rings is 3. The number of hydrogen-bond donors (Lipinski definition) is 2. The molecule has 2 N–H and O–H groups in total. The van der Waals surface area contributed by atoms with Gasteiger partial charge in [-0.2, -0.15) is 0 Å². The van der Waals surface area contributed by atoms with Crippen molar-refractivity contribution in [2.24, 2.45) is 0 Å². The van der Waals surface area contributed by atoms with Crippen LogP contribution in [0.15, 0.2) is 84.4 Å². The maximum absolute atomic E-state index is 11.2. The number of aliphatic hydroxyl groups is 1. The molecule has 0 saturated heterocycles. The van der Waals surface area contributed by atoms with Crippen molar-refractivity contribution in [3.63, 3.8) is 0 Å². The fourth-order valence-electron chi connectivity index (χ4n) is 3.79. The first-order chi connectivity index (χ1) is 14.6. The molecule has 30 heavy (non-hydrogen) atoms. The van der Waals surface area contributed by atoms with Gasteiger partial charge in [0.25, 0.3) is 0 Å². The van der Waals surface area contributed by atoms with Gasteiger partial charge in [-0.25, -0.2) is 5.01 Å². The van der Waals surface area contributed by atoms with Crippen LogP contribution in [0.25, 0.3) is 11.9 Å². The van der Waals surface area contributed by atoms with Crippen LogP contribution < -0.4 is 25.6 Å². The molecule has 0 aromatic heterocycles. The summed E-state index contributed by atoms with van der Waals surface area (Å²) in [7, 11) is 1.66. The lowest BCUT2D eigenvalue weighted by molar-refractivity contribution is 0.367. The highest BCUT2D eigenvalue weighted by Gasteiger charge is 2.33. The first-order valence-electron chi connectivity index (χ1n) is 9.61. The van der Waals surface area contributed by atoms with E-state index < -0.39 is 0 Å².